The van der Waals surface area contributed by atoms with Gasteiger partial charge >= 0.3 is 6.36 Å². The molecule has 0 bridgehead atoms. The highest BCUT2D eigenvalue weighted by Crippen LogP contribution is 2.36. The number of ether oxygens (including phenoxy) is 2. The number of fused-ring (bicyclic) bond motifs is 1. The Bertz CT molecular complexity index is 1150. The lowest BCUT2D eigenvalue weighted by Gasteiger charge is -2.21. The number of carbonyl (C=O) groups excluding carboxylic acids is 1. The van der Waals surface area contributed by atoms with Crippen LogP contribution in [0.15, 0.2) is 40.9 Å². The van der Waals surface area contributed by atoms with Crippen LogP contribution in [0.5, 0.6) is 11.6 Å². The number of alkyl halides is 3. The molecule has 1 aromatic carbocycles. The van der Waals surface area contributed by atoms with Gasteiger partial charge in [-0.1, -0.05) is 31.5 Å². The molecule has 1 N–H and O–H groups in total. The van der Waals surface area contributed by atoms with Crippen LogP contribution >= 0.6 is 11.6 Å². The Hall–Kier alpha value is -3.27. The number of nitrogens with one attached hydrogen (secondary N) is 1. The first-order valence-corrected chi connectivity index (χ1v) is 11.0. The molecule has 0 saturated heterocycles. The van der Waals surface area contributed by atoms with Crippen LogP contribution in [0.3, 0.4) is 0 Å². The van der Waals surface area contributed by atoms with Crippen molar-refractivity contribution in [3.8, 4) is 23.1 Å². The summed E-state index contributed by atoms with van der Waals surface area (Å²) in [5.41, 5.74) is 1.20. The largest absolute Gasteiger partial charge is 0.573 e. The Morgan fingerprint density at radius 1 is 1.26 bits per heavy atom. The van der Waals surface area contributed by atoms with Gasteiger partial charge in [0.25, 0.3) is 5.91 Å². The average molecular weight is 498 g/mol. The van der Waals surface area contributed by atoms with Crippen molar-refractivity contribution < 1.29 is 31.9 Å². The van der Waals surface area contributed by atoms with Gasteiger partial charge in [-0.3, -0.25) is 4.79 Å². The van der Waals surface area contributed by atoms with Crippen LogP contribution in [-0.2, 0) is 6.42 Å². The molecular weight excluding hydrogens is 475 g/mol. The number of carbonyl (C=O) groups is 1. The van der Waals surface area contributed by atoms with E-state index in [1.807, 2.05) is 13.8 Å². The number of amides is 1. The third-order valence-corrected chi connectivity index (χ3v) is 5.16. The van der Waals surface area contributed by atoms with Crippen molar-refractivity contribution in [1.82, 2.24) is 15.3 Å². The monoisotopic (exact) mass is 497 g/mol. The van der Waals surface area contributed by atoms with E-state index in [2.05, 4.69) is 20.0 Å². The average Bonchev–Trinajstić information content (AvgIpc) is 3.25. The Morgan fingerprint density at radius 2 is 2.03 bits per heavy atom. The molecule has 0 radical (unpaired) electrons. The van der Waals surface area contributed by atoms with Crippen molar-refractivity contribution in [2.24, 2.45) is 0 Å². The number of aryl methyl sites for hydroxylation is 1. The van der Waals surface area contributed by atoms with E-state index in [-0.39, 0.29) is 11.5 Å². The maximum atomic E-state index is 12.7. The summed E-state index contributed by atoms with van der Waals surface area (Å²) < 4.78 is 52.4. The highest BCUT2D eigenvalue weighted by molar-refractivity contribution is 6.33. The van der Waals surface area contributed by atoms with E-state index in [9.17, 15) is 18.0 Å². The smallest absolute Gasteiger partial charge is 0.481 e. The lowest BCUT2D eigenvalue weighted by molar-refractivity contribution is -0.274. The van der Waals surface area contributed by atoms with Gasteiger partial charge in [0.05, 0.1) is 35.6 Å². The van der Waals surface area contributed by atoms with Crippen LogP contribution in [0.4, 0.5) is 13.2 Å². The predicted molar refractivity (Wildman–Crippen MR) is 119 cm³/mol. The molecule has 7 nitrogen and oxygen atoms in total. The van der Waals surface area contributed by atoms with Gasteiger partial charge in [-0.25, -0.2) is 9.97 Å². The van der Waals surface area contributed by atoms with E-state index in [0.29, 0.717) is 40.8 Å². The molecule has 11 heteroatoms. The molecule has 1 unspecified atom stereocenters. The van der Waals surface area contributed by atoms with E-state index in [1.165, 1.54) is 25.4 Å². The number of pyridine rings is 1. The number of aromatic nitrogens is 2. The summed E-state index contributed by atoms with van der Waals surface area (Å²) in [6.45, 7) is 4.00. The van der Waals surface area contributed by atoms with Crippen molar-refractivity contribution in [2.45, 2.75) is 45.5 Å². The van der Waals surface area contributed by atoms with Crippen LogP contribution in [0, 0.1) is 0 Å². The van der Waals surface area contributed by atoms with E-state index < -0.39 is 24.1 Å². The van der Waals surface area contributed by atoms with Crippen molar-refractivity contribution in [3.63, 3.8) is 0 Å². The zero-order valence-electron chi connectivity index (χ0n) is 18.7. The van der Waals surface area contributed by atoms with Crippen LogP contribution in [-0.4, -0.2) is 29.3 Å². The molecule has 1 aliphatic rings. The molecule has 0 saturated carbocycles. The zero-order valence-corrected chi connectivity index (χ0v) is 19.5. The van der Waals surface area contributed by atoms with Crippen molar-refractivity contribution in [3.05, 3.63) is 58.6 Å². The molecule has 0 fully saturated rings. The lowest BCUT2D eigenvalue weighted by Crippen LogP contribution is -2.30. The van der Waals surface area contributed by atoms with Crippen LogP contribution < -0.4 is 14.8 Å². The molecular formula is C23H23ClF3N3O4. The van der Waals surface area contributed by atoms with Crippen LogP contribution in [0.25, 0.3) is 11.5 Å². The fourth-order valence-electron chi connectivity index (χ4n) is 3.44. The first-order valence-electron chi connectivity index (χ1n) is 10.6. The highest BCUT2D eigenvalue weighted by Gasteiger charge is 2.32. The van der Waals surface area contributed by atoms with Crippen molar-refractivity contribution >= 4 is 17.5 Å². The Morgan fingerprint density at radius 3 is 2.74 bits per heavy atom. The Balaban J connectivity index is 0.00000158. The molecule has 1 amide bonds. The number of methoxy groups -OCH3 is 1. The molecule has 4 rings (SSSR count). The van der Waals surface area contributed by atoms with Crippen molar-refractivity contribution in [2.75, 3.05) is 7.11 Å². The number of nitrogens with zero attached hydrogens (tertiary/aromatic N) is 2. The van der Waals surface area contributed by atoms with Gasteiger partial charge in [-0.05, 0) is 37.5 Å². The molecule has 2 heterocycles. The summed E-state index contributed by atoms with van der Waals surface area (Å²) in [6.07, 6.45) is -1.44. The molecule has 1 aliphatic carbocycles. The number of hydrogen-bond acceptors (Lipinski definition) is 6. The highest BCUT2D eigenvalue weighted by atomic mass is 35.5. The zero-order chi connectivity index (χ0) is 24.9. The molecule has 0 aliphatic heterocycles. The molecule has 3 aromatic rings. The van der Waals surface area contributed by atoms with Crippen LogP contribution in [0.1, 0.15) is 54.5 Å². The van der Waals surface area contributed by atoms with E-state index in [1.54, 1.807) is 6.07 Å². The maximum Gasteiger partial charge on any atom is 0.573 e. The minimum absolute atomic E-state index is 0.0283. The van der Waals surface area contributed by atoms with Gasteiger partial charge in [0.1, 0.15) is 11.5 Å². The third kappa shape index (κ3) is 5.99. The molecule has 182 valence electrons. The summed E-state index contributed by atoms with van der Waals surface area (Å²) in [7, 11) is 1.47. The fourth-order valence-corrected chi connectivity index (χ4v) is 3.63. The summed E-state index contributed by atoms with van der Waals surface area (Å²) in [4.78, 5) is 21.2. The third-order valence-electron chi connectivity index (χ3n) is 4.86. The van der Waals surface area contributed by atoms with Crippen molar-refractivity contribution in [1.29, 1.82) is 0 Å². The second-order valence-electron chi connectivity index (χ2n) is 7.03. The number of benzene rings is 1. The van der Waals surface area contributed by atoms with Gasteiger partial charge < -0.3 is 19.2 Å². The molecule has 0 spiro atoms. The summed E-state index contributed by atoms with van der Waals surface area (Å²) in [5, 5.41) is 3.13. The summed E-state index contributed by atoms with van der Waals surface area (Å²) in [5.74, 6) is 0.0534. The van der Waals surface area contributed by atoms with E-state index in [4.69, 9.17) is 20.8 Å². The number of rotatable bonds is 5. The second kappa shape index (κ2) is 10.8. The minimum Gasteiger partial charge on any atom is -0.481 e. The van der Waals surface area contributed by atoms with E-state index in [0.717, 1.165) is 18.6 Å². The SMILES string of the molecule is CC.COc1cc(-c2nc3c(o2)C(NC(=O)c2cccc(OC(F)(F)F)c2)CCC3)c(Cl)cn1. The minimum atomic E-state index is -4.85. The van der Waals surface area contributed by atoms with Gasteiger partial charge in [-0.2, -0.15) is 0 Å². The van der Waals surface area contributed by atoms with E-state index >= 15 is 0 Å². The maximum absolute atomic E-state index is 12.7. The summed E-state index contributed by atoms with van der Waals surface area (Å²) in [6, 6.07) is 5.96. The first-order chi connectivity index (χ1) is 16.2. The number of halogens is 4. The Kier molecular flexibility index (Phi) is 8.03. The van der Waals surface area contributed by atoms with Gasteiger partial charge in [-0.15, -0.1) is 13.2 Å². The fraction of sp³-hybridized carbons (Fsp3) is 0.348. The lowest BCUT2D eigenvalue weighted by atomic mass is 9.96. The second-order valence-corrected chi connectivity index (χ2v) is 7.44. The topological polar surface area (TPSA) is 86.5 Å². The normalized spacial score (nSPS) is 15.0. The first kappa shape index (κ1) is 25.4. The molecule has 2 aromatic heterocycles. The standard InChI is InChI=1S/C21H17ClF3N3O4.C2H6/c1-30-17-9-13(14(22)10-26-17)20-28-16-7-3-6-15(18(16)31-20)27-19(29)11-4-2-5-12(8-11)32-21(23,24)25;1-2/h2,4-5,8-10,15H,3,6-7H2,1H3,(H,27,29);1-2H3. The Labute approximate surface area is 199 Å². The summed E-state index contributed by atoms with van der Waals surface area (Å²) >= 11 is 6.23. The van der Waals surface area contributed by atoms with Gasteiger partial charge in [0.15, 0.2) is 0 Å². The number of hydrogen-bond donors (Lipinski definition) is 1. The predicted octanol–water partition coefficient (Wildman–Crippen LogP) is 6.13. The number of oxazole rings is 1. The molecule has 34 heavy (non-hydrogen) atoms. The van der Waals surface area contributed by atoms with Gasteiger partial charge in [0, 0.05) is 11.6 Å². The van der Waals surface area contributed by atoms with Crippen LogP contribution in [0.2, 0.25) is 5.02 Å². The molecule has 1 atom stereocenters. The van der Waals surface area contributed by atoms with Gasteiger partial charge in [0.2, 0.25) is 11.8 Å². The quantitative estimate of drug-likeness (QED) is 0.456.